The molecule has 0 radical (unpaired) electrons. The Kier molecular flexibility index (Phi) is 6.69. The van der Waals surface area contributed by atoms with Gasteiger partial charge in [0.15, 0.2) is 0 Å². The largest absolute Gasteiger partial charge is 0.398 e. The van der Waals surface area contributed by atoms with Crippen LogP contribution < -0.4 is 11.1 Å². The maximum absolute atomic E-state index is 12.3. The van der Waals surface area contributed by atoms with Gasteiger partial charge in [-0.2, -0.15) is 0 Å². The minimum absolute atomic E-state index is 0.0889. The molecule has 0 saturated carbocycles. The van der Waals surface area contributed by atoms with Gasteiger partial charge in [0.1, 0.15) is 0 Å². The van der Waals surface area contributed by atoms with Crippen molar-refractivity contribution in [2.75, 3.05) is 26.4 Å². The first-order valence-corrected chi connectivity index (χ1v) is 7.71. The number of hydrogen-bond acceptors (Lipinski definition) is 3. The van der Waals surface area contributed by atoms with Crippen molar-refractivity contribution in [3.63, 3.8) is 0 Å². The van der Waals surface area contributed by atoms with Crippen molar-refractivity contribution in [2.24, 2.45) is 5.92 Å². The molecule has 1 atom stereocenters. The highest BCUT2D eigenvalue weighted by molar-refractivity contribution is 5.99. The Bertz CT molecular complexity index is 467. The SMILES string of the molecule is CCC(CC)C(CNC(=O)c1cc(C)ccc1N)N(C)C. The number of benzene rings is 1. The number of nitrogens with two attached hydrogens (primary N) is 1. The third-order valence-corrected chi connectivity index (χ3v) is 4.18. The monoisotopic (exact) mass is 291 g/mol. The highest BCUT2D eigenvalue weighted by atomic mass is 16.1. The van der Waals surface area contributed by atoms with Crippen LogP contribution in [0, 0.1) is 12.8 Å². The Labute approximate surface area is 128 Å². The number of carbonyl (C=O) groups is 1. The summed E-state index contributed by atoms with van der Waals surface area (Å²) in [4.78, 5) is 14.5. The smallest absolute Gasteiger partial charge is 0.253 e. The van der Waals surface area contributed by atoms with Crippen molar-refractivity contribution >= 4 is 11.6 Å². The van der Waals surface area contributed by atoms with Crippen LogP contribution in [0.1, 0.15) is 42.6 Å². The summed E-state index contributed by atoms with van der Waals surface area (Å²) >= 11 is 0. The minimum atomic E-state index is -0.0889. The van der Waals surface area contributed by atoms with Crippen LogP contribution in [0.25, 0.3) is 0 Å². The van der Waals surface area contributed by atoms with Crippen LogP contribution in [0.5, 0.6) is 0 Å². The highest BCUT2D eigenvalue weighted by Gasteiger charge is 2.21. The summed E-state index contributed by atoms with van der Waals surface area (Å²) in [6, 6.07) is 5.88. The molecule has 0 bridgehead atoms. The average Bonchev–Trinajstić information content (AvgIpc) is 2.45. The molecule has 4 heteroatoms. The van der Waals surface area contributed by atoms with E-state index in [9.17, 15) is 4.79 Å². The van der Waals surface area contributed by atoms with Gasteiger partial charge >= 0.3 is 0 Å². The quantitative estimate of drug-likeness (QED) is 0.759. The van der Waals surface area contributed by atoms with Gasteiger partial charge in [0, 0.05) is 18.3 Å². The van der Waals surface area contributed by atoms with Crippen LogP contribution in [-0.2, 0) is 0 Å². The van der Waals surface area contributed by atoms with E-state index in [1.165, 1.54) is 0 Å². The number of aryl methyl sites for hydroxylation is 1. The zero-order valence-electron chi connectivity index (χ0n) is 13.9. The van der Waals surface area contributed by atoms with Gasteiger partial charge in [0.2, 0.25) is 0 Å². The van der Waals surface area contributed by atoms with Gasteiger partial charge < -0.3 is 16.0 Å². The van der Waals surface area contributed by atoms with Crippen molar-refractivity contribution in [2.45, 2.75) is 39.7 Å². The molecule has 0 aliphatic carbocycles. The predicted molar refractivity (Wildman–Crippen MR) is 89.5 cm³/mol. The summed E-state index contributed by atoms with van der Waals surface area (Å²) in [7, 11) is 4.13. The Morgan fingerprint density at radius 3 is 2.43 bits per heavy atom. The molecular weight excluding hydrogens is 262 g/mol. The number of carbonyl (C=O) groups excluding carboxylic acids is 1. The van der Waals surface area contributed by atoms with E-state index in [0.29, 0.717) is 29.8 Å². The normalized spacial score (nSPS) is 12.7. The first kappa shape index (κ1) is 17.5. The number of nitrogens with zero attached hydrogens (tertiary/aromatic N) is 1. The van der Waals surface area contributed by atoms with E-state index >= 15 is 0 Å². The van der Waals surface area contributed by atoms with E-state index in [4.69, 9.17) is 5.73 Å². The molecule has 1 amide bonds. The number of amides is 1. The maximum Gasteiger partial charge on any atom is 0.253 e. The lowest BCUT2D eigenvalue weighted by atomic mass is 9.93. The second-order valence-electron chi connectivity index (χ2n) is 5.91. The number of likely N-dealkylation sites (N-methyl/N-ethyl adjacent to an activating group) is 1. The Morgan fingerprint density at radius 1 is 1.29 bits per heavy atom. The van der Waals surface area contributed by atoms with Gasteiger partial charge in [0.05, 0.1) is 5.56 Å². The van der Waals surface area contributed by atoms with E-state index in [0.717, 1.165) is 18.4 Å². The van der Waals surface area contributed by atoms with Crippen LogP contribution in [0.2, 0.25) is 0 Å². The summed E-state index contributed by atoms with van der Waals surface area (Å²) in [5.74, 6) is 0.490. The first-order chi connectivity index (χ1) is 9.90. The Morgan fingerprint density at radius 2 is 1.90 bits per heavy atom. The number of nitrogens with one attached hydrogen (secondary N) is 1. The standard InChI is InChI=1S/C17H29N3O/c1-6-13(7-2)16(20(4)5)11-19-17(21)14-10-12(3)8-9-15(14)18/h8-10,13,16H,6-7,11,18H2,1-5H3,(H,19,21). The molecule has 0 aliphatic heterocycles. The van der Waals surface area contributed by atoms with Gasteiger partial charge in [-0.05, 0) is 39.1 Å². The zero-order valence-corrected chi connectivity index (χ0v) is 13.9. The molecule has 4 nitrogen and oxygen atoms in total. The first-order valence-electron chi connectivity index (χ1n) is 7.71. The molecule has 0 heterocycles. The van der Waals surface area contributed by atoms with Gasteiger partial charge in [-0.25, -0.2) is 0 Å². The lowest BCUT2D eigenvalue weighted by molar-refractivity contribution is 0.0929. The zero-order chi connectivity index (χ0) is 16.0. The fourth-order valence-electron chi connectivity index (χ4n) is 2.76. The summed E-state index contributed by atoms with van der Waals surface area (Å²) < 4.78 is 0. The van der Waals surface area contributed by atoms with Gasteiger partial charge in [-0.3, -0.25) is 4.79 Å². The molecule has 118 valence electrons. The van der Waals surface area contributed by atoms with Crippen LogP contribution in [0.3, 0.4) is 0 Å². The van der Waals surface area contributed by atoms with E-state index in [1.807, 2.05) is 19.1 Å². The average molecular weight is 291 g/mol. The molecule has 1 unspecified atom stereocenters. The lowest BCUT2D eigenvalue weighted by Crippen LogP contribution is -2.44. The Hall–Kier alpha value is -1.55. The summed E-state index contributed by atoms with van der Waals surface area (Å²) in [6.45, 7) is 7.00. The van der Waals surface area contributed by atoms with Crippen molar-refractivity contribution in [1.82, 2.24) is 10.2 Å². The summed E-state index contributed by atoms with van der Waals surface area (Å²) in [5, 5.41) is 3.04. The van der Waals surface area contributed by atoms with Crippen LogP contribution in [0.4, 0.5) is 5.69 Å². The van der Waals surface area contributed by atoms with Crippen molar-refractivity contribution < 1.29 is 4.79 Å². The van der Waals surface area contributed by atoms with Gasteiger partial charge in [0.25, 0.3) is 5.91 Å². The fraction of sp³-hybridized carbons (Fsp3) is 0.588. The van der Waals surface area contributed by atoms with Crippen molar-refractivity contribution in [3.8, 4) is 0 Å². The molecule has 0 spiro atoms. The molecular formula is C17H29N3O. The molecule has 21 heavy (non-hydrogen) atoms. The van der Waals surface area contributed by atoms with E-state index in [-0.39, 0.29) is 5.91 Å². The van der Waals surface area contributed by atoms with E-state index < -0.39 is 0 Å². The number of anilines is 1. The highest BCUT2D eigenvalue weighted by Crippen LogP contribution is 2.17. The minimum Gasteiger partial charge on any atom is -0.398 e. The lowest BCUT2D eigenvalue weighted by Gasteiger charge is -2.31. The molecule has 0 saturated heterocycles. The van der Waals surface area contributed by atoms with Crippen LogP contribution in [-0.4, -0.2) is 37.5 Å². The third kappa shape index (κ3) is 4.74. The van der Waals surface area contributed by atoms with Crippen LogP contribution >= 0.6 is 0 Å². The second kappa shape index (κ2) is 8.03. The molecule has 0 aromatic heterocycles. The number of rotatable bonds is 7. The van der Waals surface area contributed by atoms with Crippen LogP contribution in [0.15, 0.2) is 18.2 Å². The topological polar surface area (TPSA) is 58.4 Å². The van der Waals surface area contributed by atoms with E-state index in [2.05, 4.69) is 38.2 Å². The number of nitrogen functional groups attached to an aromatic ring is 1. The molecule has 0 aliphatic rings. The summed E-state index contributed by atoms with van der Waals surface area (Å²) in [6.07, 6.45) is 2.23. The molecule has 1 aromatic rings. The Balaban J connectivity index is 2.75. The van der Waals surface area contributed by atoms with Crippen molar-refractivity contribution in [3.05, 3.63) is 29.3 Å². The maximum atomic E-state index is 12.3. The third-order valence-electron chi connectivity index (χ3n) is 4.18. The molecule has 1 aromatic carbocycles. The molecule has 3 N–H and O–H groups in total. The molecule has 0 fully saturated rings. The van der Waals surface area contributed by atoms with Gasteiger partial charge in [-0.1, -0.05) is 38.3 Å². The van der Waals surface area contributed by atoms with E-state index in [1.54, 1.807) is 6.07 Å². The number of hydrogen-bond donors (Lipinski definition) is 2. The predicted octanol–water partition coefficient (Wildman–Crippen LogP) is 2.67. The summed E-state index contributed by atoms with van der Waals surface area (Å²) in [5.41, 5.74) is 8.03. The fourth-order valence-corrected chi connectivity index (χ4v) is 2.76. The second-order valence-corrected chi connectivity index (χ2v) is 5.91. The van der Waals surface area contributed by atoms with Crippen molar-refractivity contribution in [1.29, 1.82) is 0 Å². The molecule has 1 rings (SSSR count). The van der Waals surface area contributed by atoms with Gasteiger partial charge in [-0.15, -0.1) is 0 Å².